The zero-order chi connectivity index (χ0) is 12.3. The summed E-state index contributed by atoms with van der Waals surface area (Å²) in [6.07, 6.45) is 5.70. The van der Waals surface area contributed by atoms with Crippen molar-refractivity contribution in [2.24, 2.45) is 5.41 Å². The number of likely N-dealkylation sites (N-methyl/N-ethyl adjacent to an activating group) is 1. The topological polar surface area (TPSA) is 53.3 Å². The molecule has 0 spiro atoms. The zero-order valence-electron chi connectivity index (χ0n) is 10.4. The molecule has 1 unspecified atom stereocenters. The minimum absolute atomic E-state index is 0.00648. The Morgan fingerprint density at radius 3 is 2.71 bits per heavy atom. The van der Waals surface area contributed by atoms with Gasteiger partial charge in [-0.25, -0.2) is 0 Å². The van der Waals surface area contributed by atoms with E-state index in [0.717, 1.165) is 45.1 Å². The third-order valence-corrected chi connectivity index (χ3v) is 3.93. The van der Waals surface area contributed by atoms with E-state index in [1.165, 1.54) is 0 Å². The van der Waals surface area contributed by atoms with Crippen LogP contribution >= 0.6 is 0 Å². The maximum Gasteiger partial charge on any atom is 0.242 e. The minimum atomic E-state index is -0.743. The Morgan fingerprint density at radius 2 is 2.18 bits per heavy atom. The highest BCUT2D eigenvalue weighted by Crippen LogP contribution is 2.39. The Labute approximate surface area is 103 Å². The Balaban J connectivity index is 1.96. The number of nitriles is 1. The van der Waals surface area contributed by atoms with Crippen LogP contribution in [0.2, 0.25) is 0 Å². The standard InChI is InChI=1S/C13H20N2O2/c1-15(9-11-5-4-8-17-11)12(16)13(10-14)6-2-3-7-13/h11H,2-9H2,1H3. The summed E-state index contributed by atoms with van der Waals surface area (Å²) >= 11 is 0. The maximum atomic E-state index is 12.3. The quantitative estimate of drug-likeness (QED) is 0.749. The Kier molecular flexibility index (Phi) is 3.68. The number of carbonyl (C=O) groups is 1. The van der Waals surface area contributed by atoms with Gasteiger partial charge in [0.05, 0.1) is 12.2 Å². The van der Waals surface area contributed by atoms with Crippen LogP contribution in [0, 0.1) is 16.7 Å². The molecule has 4 heteroatoms. The van der Waals surface area contributed by atoms with Crippen LogP contribution in [0.15, 0.2) is 0 Å². The monoisotopic (exact) mass is 236 g/mol. The highest BCUT2D eigenvalue weighted by atomic mass is 16.5. The van der Waals surface area contributed by atoms with Crippen LogP contribution in [0.3, 0.4) is 0 Å². The second kappa shape index (κ2) is 5.05. The van der Waals surface area contributed by atoms with Gasteiger partial charge in [0.2, 0.25) is 5.91 Å². The largest absolute Gasteiger partial charge is 0.376 e. The summed E-state index contributed by atoms with van der Waals surface area (Å²) in [4.78, 5) is 14.0. The highest BCUT2D eigenvalue weighted by Gasteiger charge is 2.43. The van der Waals surface area contributed by atoms with Gasteiger partial charge in [0.25, 0.3) is 0 Å². The molecule has 1 atom stereocenters. The van der Waals surface area contributed by atoms with Crippen LogP contribution in [0.4, 0.5) is 0 Å². The van der Waals surface area contributed by atoms with Crippen LogP contribution in [-0.4, -0.2) is 37.1 Å². The highest BCUT2D eigenvalue weighted by molar-refractivity contribution is 5.85. The number of carbonyl (C=O) groups excluding carboxylic acids is 1. The van der Waals surface area contributed by atoms with E-state index < -0.39 is 5.41 Å². The third kappa shape index (κ3) is 2.44. The summed E-state index contributed by atoms with van der Waals surface area (Å²) in [5.41, 5.74) is -0.743. The lowest BCUT2D eigenvalue weighted by Crippen LogP contribution is -2.43. The van der Waals surface area contributed by atoms with Crippen molar-refractivity contribution >= 4 is 5.91 Å². The summed E-state index contributed by atoms with van der Waals surface area (Å²) in [5, 5.41) is 9.27. The SMILES string of the molecule is CN(CC1CCCO1)C(=O)C1(C#N)CCCC1. The number of rotatable bonds is 3. The average Bonchev–Trinajstić information content (AvgIpc) is 2.99. The summed E-state index contributed by atoms with van der Waals surface area (Å²) in [6.45, 7) is 1.43. The molecule has 0 radical (unpaired) electrons. The summed E-state index contributed by atoms with van der Waals surface area (Å²) < 4.78 is 5.53. The van der Waals surface area contributed by atoms with Gasteiger partial charge >= 0.3 is 0 Å². The molecular formula is C13H20N2O2. The van der Waals surface area contributed by atoms with E-state index in [2.05, 4.69) is 6.07 Å². The molecular weight excluding hydrogens is 216 g/mol. The van der Waals surface area contributed by atoms with Crippen molar-refractivity contribution < 1.29 is 9.53 Å². The fourth-order valence-corrected chi connectivity index (χ4v) is 2.89. The molecule has 2 aliphatic rings. The molecule has 2 rings (SSSR count). The van der Waals surface area contributed by atoms with Crippen molar-refractivity contribution in [3.8, 4) is 6.07 Å². The molecule has 17 heavy (non-hydrogen) atoms. The predicted octanol–water partition coefficient (Wildman–Crippen LogP) is 1.71. The Bertz CT molecular complexity index is 323. The van der Waals surface area contributed by atoms with Crippen LogP contribution in [-0.2, 0) is 9.53 Å². The van der Waals surface area contributed by atoms with Gasteiger partial charge in [-0.1, -0.05) is 12.8 Å². The molecule has 0 aromatic carbocycles. The van der Waals surface area contributed by atoms with Crippen molar-refractivity contribution in [1.82, 2.24) is 4.90 Å². The first-order valence-corrected chi connectivity index (χ1v) is 6.46. The molecule has 1 saturated carbocycles. The normalized spacial score (nSPS) is 26.7. The van der Waals surface area contributed by atoms with Gasteiger partial charge in [0.15, 0.2) is 0 Å². The molecule has 4 nitrogen and oxygen atoms in total. The summed E-state index contributed by atoms with van der Waals surface area (Å²) in [7, 11) is 1.79. The van der Waals surface area contributed by atoms with E-state index in [1.807, 2.05) is 0 Å². The molecule has 0 N–H and O–H groups in total. The molecule has 0 bridgehead atoms. The first kappa shape index (κ1) is 12.4. The third-order valence-electron chi connectivity index (χ3n) is 3.93. The van der Waals surface area contributed by atoms with Gasteiger partial charge in [-0.05, 0) is 25.7 Å². The molecule has 1 aliphatic heterocycles. The van der Waals surface area contributed by atoms with Gasteiger partial charge < -0.3 is 9.64 Å². The second-order valence-corrected chi connectivity index (χ2v) is 5.22. The van der Waals surface area contributed by atoms with Crippen LogP contribution in [0.1, 0.15) is 38.5 Å². The molecule has 1 amide bonds. The van der Waals surface area contributed by atoms with Gasteiger partial charge in [-0.15, -0.1) is 0 Å². The van der Waals surface area contributed by atoms with Crippen LogP contribution in [0.5, 0.6) is 0 Å². The number of hydrogen-bond acceptors (Lipinski definition) is 3. The lowest BCUT2D eigenvalue weighted by molar-refractivity contribution is -0.138. The van der Waals surface area contributed by atoms with E-state index in [0.29, 0.717) is 6.54 Å². The second-order valence-electron chi connectivity index (χ2n) is 5.22. The summed E-state index contributed by atoms with van der Waals surface area (Å²) in [6, 6.07) is 2.25. The zero-order valence-corrected chi connectivity index (χ0v) is 10.4. The van der Waals surface area contributed by atoms with Gasteiger partial charge in [0.1, 0.15) is 5.41 Å². The lowest BCUT2D eigenvalue weighted by Gasteiger charge is -2.28. The van der Waals surface area contributed by atoms with Crippen LogP contribution < -0.4 is 0 Å². The molecule has 94 valence electrons. The Hall–Kier alpha value is -1.08. The average molecular weight is 236 g/mol. The smallest absolute Gasteiger partial charge is 0.242 e. The first-order chi connectivity index (χ1) is 8.18. The number of ether oxygens (including phenoxy) is 1. The molecule has 0 aromatic rings. The van der Waals surface area contributed by atoms with Crippen molar-refractivity contribution in [3.63, 3.8) is 0 Å². The fourth-order valence-electron chi connectivity index (χ4n) is 2.89. The van der Waals surface area contributed by atoms with E-state index in [-0.39, 0.29) is 12.0 Å². The fraction of sp³-hybridized carbons (Fsp3) is 0.846. The van der Waals surface area contributed by atoms with E-state index in [9.17, 15) is 10.1 Å². The van der Waals surface area contributed by atoms with E-state index in [4.69, 9.17) is 4.74 Å². The minimum Gasteiger partial charge on any atom is -0.376 e. The number of amides is 1. The molecule has 1 aliphatic carbocycles. The van der Waals surface area contributed by atoms with E-state index >= 15 is 0 Å². The Morgan fingerprint density at radius 1 is 1.47 bits per heavy atom. The van der Waals surface area contributed by atoms with Gasteiger partial charge in [-0.2, -0.15) is 5.26 Å². The molecule has 1 saturated heterocycles. The first-order valence-electron chi connectivity index (χ1n) is 6.46. The predicted molar refractivity (Wildman–Crippen MR) is 63.1 cm³/mol. The van der Waals surface area contributed by atoms with Crippen molar-refractivity contribution in [2.45, 2.75) is 44.6 Å². The number of nitrogens with zero attached hydrogens (tertiary/aromatic N) is 2. The van der Waals surface area contributed by atoms with Crippen LogP contribution in [0.25, 0.3) is 0 Å². The lowest BCUT2D eigenvalue weighted by atomic mass is 9.86. The van der Waals surface area contributed by atoms with E-state index in [1.54, 1.807) is 11.9 Å². The molecule has 2 fully saturated rings. The van der Waals surface area contributed by atoms with Gasteiger partial charge in [0, 0.05) is 20.2 Å². The maximum absolute atomic E-state index is 12.3. The summed E-state index contributed by atoms with van der Waals surface area (Å²) in [5.74, 6) is -0.00648. The number of hydrogen-bond donors (Lipinski definition) is 0. The van der Waals surface area contributed by atoms with Crippen molar-refractivity contribution in [3.05, 3.63) is 0 Å². The van der Waals surface area contributed by atoms with Gasteiger partial charge in [-0.3, -0.25) is 4.79 Å². The van der Waals surface area contributed by atoms with Crippen molar-refractivity contribution in [1.29, 1.82) is 5.26 Å². The molecule has 1 heterocycles. The van der Waals surface area contributed by atoms with Crippen molar-refractivity contribution in [2.75, 3.05) is 20.2 Å². The molecule has 0 aromatic heterocycles.